The summed E-state index contributed by atoms with van der Waals surface area (Å²) >= 11 is 0. The van der Waals surface area contributed by atoms with Gasteiger partial charge in [0, 0.05) is 22.9 Å². The van der Waals surface area contributed by atoms with Crippen LogP contribution in [-0.2, 0) is 16.3 Å². The first kappa shape index (κ1) is 22.9. The van der Waals surface area contributed by atoms with Gasteiger partial charge in [0.1, 0.15) is 26.2 Å². The van der Waals surface area contributed by atoms with Gasteiger partial charge >= 0.3 is 0 Å². The van der Waals surface area contributed by atoms with Crippen molar-refractivity contribution in [3.63, 3.8) is 0 Å². The molecule has 0 amide bonds. The summed E-state index contributed by atoms with van der Waals surface area (Å²) in [5, 5.41) is 0. The van der Waals surface area contributed by atoms with E-state index in [1.165, 1.54) is 17.7 Å². The van der Waals surface area contributed by atoms with Crippen molar-refractivity contribution in [1.82, 2.24) is 4.57 Å². The summed E-state index contributed by atoms with van der Waals surface area (Å²) in [6, 6.07) is 5.11. The van der Waals surface area contributed by atoms with E-state index in [4.69, 9.17) is 13.6 Å². The van der Waals surface area contributed by atoms with E-state index in [0.29, 0.717) is 12.0 Å². The Kier molecular flexibility index (Phi) is 5.06. The zero-order valence-corrected chi connectivity index (χ0v) is 24.4. The van der Waals surface area contributed by atoms with Gasteiger partial charge in [-0.3, -0.25) is 0 Å². The molecule has 1 fully saturated rings. The number of ether oxygens (including phenoxy) is 1. The number of hydrogen-bond acceptors (Lipinski definition) is 4. The molecule has 1 saturated heterocycles. The maximum absolute atomic E-state index is 6.97. The van der Waals surface area contributed by atoms with Gasteiger partial charge in [-0.25, -0.2) is 0 Å². The highest BCUT2D eigenvalue weighted by Crippen LogP contribution is 2.63. The summed E-state index contributed by atoms with van der Waals surface area (Å²) < 4.78 is 23.2. The molecule has 2 aliphatic carbocycles. The lowest BCUT2D eigenvalue weighted by Crippen LogP contribution is -2.69. The minimum Gasteiger partial charge on any atom is -0.542 e. The molecule has 7 heteroatoms. The lowest BCUT2D eigenvalue weighted by molar-refractivity contribution is -0.0297. The van der Waals surface area contributed by atoms with Crippen molar-refractivity contribution in [3.05, 3.63) is 35.4 Å². The smallest absolute Gasteiger partial charge is 0.242 e. The highest BCUT2D eigenvalue weighted by molar-refractivity contribution is 6.73. The van der Waals surface area contributed by atoms with Crippen molar-refractivity contribution in [2.24, 2.45) is 5.92 Å². The molecular weight excluding hydrogens is 447 g/mol. The first-order chi connectivity index (χ1) is 14.7. The third kappa shape index (κ3) is 3.50. The predicted octanol–water partition coefficient (Wildman–Crippen LogP) is 5.77. The average Bonchev–Trinajstić information content (AvgIpc) is 2.96. The van der Waals surface area contributed by atoms with Gasteiger partial charge < -0.3 is 18.2 Å². The number of piperidine rings is 1. The maximum atomic E-state index is 6.97. The summed E-state index contributed by atoms with van der Waals surface area (Å²) in [4.78, 5) is 0. The molecule has 2 heterocycles. The van der Waals surface area contributed by atoms with Crippen LogP contribution in [0.25, 0.3) is 0 Å². The molecule has 1 aromatic carbocycles. The molecule has 0 saturated carbocycles. The highest BCUT2D eigenvalue weighted by Gasteiger charge is 2.65. The standard InChI is InChI=1S/C25H41NO3Si3/c1-30(2,3)26-15-14-25-18-11-13-21(29-32(7,8)9)24(25)27-23-20(28-31(4,5)6)12-10-17(22(23)25)16-19(18)26/h10-13,18-19,21,24H,14-16H2,1-9H3/t18?,19?,21-,24-,25-/m0/s1. The van der Waals surface area contributed by atoms with Crippen LogP contribution in [-0.4, -0.2) is 54.2 Å². The van der Waals surface area contributed by atoms with E-state index in [2.05, 4.69) is 87.8 Å². The van der Waals surface area contributed by atoms with Crippen molar-refractivity contribution < 1.29 is 13.6 Å². The molecule has 5 rings (SSSR count). The van der Waals surface area contributed by atoms with E-state index in [1.807, 2.05) is 0 Å². The molecule has 2 unspecified atom stereocenters. The van der Waals surface area contributed by atoms with Crippen LogP contribution in [0.5, 0.6) is 11.5 Å². The fraction of sp³-hybridized carbons (Fsp3) is 0.680. The van der Waals surface area contributed by atoms with Crippen molar-refractivity contribution in [2.75, 3.05) is 6.54 Å². The topological polar surface area (TPSA) is 30.9 Å². The normalized spacial score (nSPS) is 33.7. The van der Waals surface area contributed by atoms with Crippen LogP contribution in [0.2, 0.25) is 58.9 Å². The summed E-state index contributed by atoms with van der Waals surface area (Å²) in [6.45, 7) is 22.3. The quantitative estimate of drug-likeness (QED) is 0.390. The van der Waals surface area contributed by atoms with Gasteiger partial charge in [-0.05, 0) is 70.3 Å². The Labute approximate surface area is 197 Å². The summed E-state index contributed by atoms with van der Waals surface area (Å²) in [6.07, 6.45) is 7.21. The molecule has 0 N–H and O–H groups in total. The second-order valence-corrected chi connectivity index (χ2v) is 27.0. The van der Waals surface area contributed by atoms with E-state index in [-0.39, 0.29) is 17.6 Å². The molecule has 4 nitrogen and oxygen atoms in total. The first-order valence-electron chi connectivity index (χ1n) is 12.4. The molecule has 1 spiro atoms. The van der Waals surface area contributed by atoms with E-state index >= 15 is 0 Å². The van der Waals surface area contributed by atoms with Crippen molar-refractivity contribution in [2.45, 2.75) is 95.4 Å². The average molecular weight is 488 g/mol. The van der Waals surface area contributed by atoms with Gasteiger partial charge in [-0.15, -0.1) is 0 Å². The molecule has 2 aliphatic heterocycles. The largest absolute Gasteiger partial charge is 0.542 e. The van der Waals surface area contributed by atoms with Crippen LogP contribution in [0.4, 0.5) is 0 Å². The molecule has 0 radical (unpaired) electrons. The third-order valence-electron chi connectivity index (χ3n) is 7.60. The number of hydrogen-bond donors (Lipinski definition) is 0. The van der Waals surface area contributed by atoms with Crippen molar-refractivity contribution >= 4 is 24.9 Å². The maximum Gasteiger partial charge on any atom is 0.242 e. The lowest BCUT2D eigenvalue weighted by atomic mass is 9.53. The van der Waals surface area contributed by atoms with Gasteiger partial charge in [-0.1, -0.05) is 37.9 Å². The Morgan fingerprint density at radius 2 is 1.69 bits per heavy atom. The Hall–Kier alpha value is -0.869. The third-order valence-corrected chi connectivity index (χ3v) is 11.7. The number of benzene rings is 1. The fourth-order valence-corrected chi connectivity index (χ4v) is 10.6. The second-order valence-electron chi connectivity index (χ2n) is 13.2. The number of rotatable bonds is 5. The van der Waals surface area contributed by atoms with Crippen LogP contribution in [0.3, 0.4) is 0 Å². The molecule has 1 aromatic rings. The van der Waals surface area contributed by atoms with Crippen LogP contribution in [0, 0.1) is 5.92 Å². The van der Waals surface area contributed by atoms with Crippen molar-refractivity contribution in [3.8, 4) is 11.5 Å². The Bertz CT molecular complexity index is 959. The lowest BCUT2D eigenvalue weighted by Gasteiger charge is -2.60. The monoisotopic (exact) mass is 487 g/mol. The second kappa shape index (κ2) is 7.07. The molecule has 5 atom stereocenters. The van der Waals surface area contributed by atoms with Gasteiger partial charge in [0.25, 0.3) is 0 Å². The minimum absolute atomic E-state index is 0.0155. The van der Waals surface area contributed by atoms with E-state index < -0.39 is 24.9 Å². The van der Waals surface area contributed by atoms with Crippen LogP contribution < -0.4 is 9.16 Å². The van der Waals surface area contributed by atoms with Crippen molar-refractivity contribution in [1.29, 1.82) is 0 Å². The molecule has 176 valence electrons. The predicted molar refractivity (Wildman–Crippen MR) is 140 cm³/mol. The fourth-order valence-electron chi connectivity index (χ4n) is 6.78. The Morgan fingerprint density at radius 1 is 0.969 bits per heavy atom. The van der Waals surface area contributed by atoms with Crippen LogP contribution in [0.1, 0.15) is 17.5 Å². The molecule has 32 heavy (non-hydrogen) atoms. The Balaban J connectivity index is 1.68. The summed E-state index contributed by atoms with van der Waals surface area (Å²) in [7, 11) is -4.90. The van der Waals surface area contributed by atoms with E-state index in [1.54, 1.807) is 0 Å². The number of nitrogens with zero attached hydrogens (tertiary/aromatic N) is 1. The van der Waals surface area contributed by atoms with Crippen LogP contribution >= 0.6 is 0 Å². The SMILES string of the molecule is C[Si](C)(C)Oc1ccc2c3c1O[C@H]1[C@@H](O[Si](C)(C)C)C=CC4C(C2)N([Si](C)(C)C)CC[C@@]341. The zero-order valence-electron chi connectivity index (χ0n) is 21.4. The summed E-state index contributed by atoms with van der Waals surface area (Å²) in [5.74, 6) is 2.49. The van der Waals surface area contributed by atoms with E-state index in [9.17, 15) is 0 Å². The minimum atomic E-state index is -1.75. The van der Waals surface area contributed by atoms with Crippen LogP contribution in [0.15, 0.2) is 24.3 Å². The molecule has 0 aromatic heterocycles. The molecular formula is C25H41NO3Si3. The Morgan fingerprint density at radius 3 is 2.31 bits per heavy atom. The van der Waals surface area contributed by atoms with E-state index in [0.717, 1.165) is 24.3 Å². The van der Waals surface area contributed by atoms with Gasteiger partial charge in [0.05, 0.1) is 0 Å². The molecule has 2 bridgehead atoms. The zero-order chi connectivity index (χ0) is 23.3. The first-order valence-corrected chi connectivity index (χ1v) is 22.6. The van der Waals surface area contributed by atoms with Gasteiger partial charge in [0.2, 0.25) is 8.32 Å². The van der Waals surface area contributed by atoms with Gasteiger partial charge in [0.15, 0.2) is 14.1 Å². The molecule has 4 aliphatic rings. The highest BCUT2D eigenvalue weighted by atomic mass is 28.4. The summed E-state index contributed by atoms with van der Waals surface area (Å²) in [5.41, 5.74) is 2.96. The van der Waals surface area contributed by atoms with Gasteiger partial charge in [-0.2, -0.15) is 0 Å².